The van der Waals surface area contributed by atoms with Gasteiger partial charge in [-0.1, -0.05) is 18.2 Å². The van der Waals surface area contributed by atoms with E-state index in [2.05, 4.69) is 24.4 Å². The Morgan fingerprint density at radius 3 is 2.90 bits per heavy atom. The Bertz CT molecular complexity index is 505. The first-order chi connectivity index (χ1) is 9.87. The van der Waals surface area contributed by atoms with E-state index in [1.807, 2.05) is 26.8 Å². The van der Waals surface area contributed by atoms with Crippen molar-refractivity contribution in [1.29, 1.82) is 0 Å². The Morgan fingerprint density at radius 2 is 2.19 bits per heavy atom. The molecule has 0 aliphatic carbocycles. The Kier molecular flexibility index (Phi) is 4.88. The molecule has 2 rings (SSSR count). The number of hydrogen-bond donors (Lipinski definition) is 1. The van der Waals surface area contributed by atoms with Gasteiger partial charge in [-0.2, -0.15) is 0 Å². The zero-order chi connectivity index (χ0) is 15.5. The molecule has 0 aromatic heterocycles. The highest BCUT2D eigenvalue weighted by Crippen LogP contribution is 2.33. The third-order valence-electron chi connectivity index (χ3n) is 3.41. The van der Waals surface area contributed by atoms with Crippen LogP contribution in [0.25, 0.3) is 0 Å². The first kappa shape index (κ1) is 15.8. The average Bonchev–Trinajstić information content (AvgIpc) is 2.58. The lowest BCUT2D eigenvalue weighted by atomic mass is 10.00. The van der Waals surface area contributed by atoms with E-state index in [0.717, 1.165) is 36.3 Å². The van der Waals surface area contributed by atoms with Crippen LogP contribution in [0.3, 0.4) is 0 Å². The second-order valence-electron chi connectivity index (χ2n) is 6.50. The number of carbonyl (C=O) groups is 1. The number of benzene rings is 1. The van der Waals surface area contributed by atoms with Gasteiger partial charge in [0.05, 0.1) is 13.2 Å². The van der Waals surface area contributed by atoms with Crippen LogP contribution in [0.15, 0.2) is 18.2 Å². The van der Waals surface area contributed by atoms with Crippen LogP contribution in [0.1, 0.15) is 50.8 Å². The molecule has 0 fully saturated rings. The van der Waals surface area contributed by atoms with Gasteiger partial charge in [-0.15, -0.1) is 0 Å². The summed E-state index contributed by atoms with van der Waals surface area (Å²) in [5, 5.41) is 3.31. The summed E-state index contributed by atoms with van der Waals surface area (Å²) in [6, 6.07) is 6.29. The summed E-state index contributed by atoms with van der Waals surface area (Å²) in [6.45, 7) is 8.63. The topological polar surface area (TPSA) is 47.6 Å². The van der Waals surface area contributed by atoms with Crippen LogP contribution < -0.4 is 10.1 Å². The maximum absolute atomic E-state index is 11.9. The van der Waals surface area contributed by atoms with E-state index in [0.29, 0.717) is 0 Å². The summed E-state index contributed by atoms with van der Waals surface area (Å²) < 4.78 is 11.2. The molecule has 1 unspecified atom stereocenters. The maximum atomic E-state index is 11.9. The normalized spacial score (nSPS) is 18.4. The molecule has 1 atom stereocenters. The van der Waals surface area contributed by atoms with Crippen molar-refractivity contribution in [3.8, 4) is 5.75 Å². The molecular weight excluding hydrogens is 266 g/mol. The molecule has 1 aromatic rings. The summed E-state index contributed by atoms with van der Waals surface area (Å²) in [5.41, 5.74) is 1.83. The van der Waals surface area contributed by atoms with Crippen LogP contribution in [0.4, 0.5) is 0 Å². The van der Waals surface area contributed by atoms with Gasteiger partial charge in [-0.25, -0.2) is 0 Å². The monoisotopic (exact) mass is 291 g/mol. The molecule has 4 heteroatoms. The number of rotatable bonds is 3. The minimum atomic E-state index is -0.445. The molecule has 0 saturated heterocycles. The highest BCUT2D eigenvalue weighted by Gasteiger charge is 2.22. The van der Waals surface area contributed by atoms with Crippen LogP contribution in [-0.2, 0) is 9.53 Å². The highest BCUT2D eigenvalue weighted by molar-refractivity contribution is 5.72. The van der Waals surface area contributed by atoms with E-state index in [1.54, 1.807) is 0 Å². The number of aryl methyl sites for hydroxylation is 1. The molecule has 116 valence electrons. The summed E-state index contributed by atoms with van der Waals surface area (Å²) in [7, 11) is 0. The van der Waals surface area contributed by atoms with E-state index in [9.17, 15) is 4.79 Å². The lowest BCUT2D eigenvalue weighted by Crippen LogP contribution is -2.33. The molecule has 0 spiro atoms. The van der Waals surface area contributed by atoms with E-state index < -0.39 is 5.60 Å². The third-order valence-corrected chi connectivity index (χ3v) is 3.41. The molecule has 1 heterocycles. The first-order valence-corrected chi connectivity index (χ1v) is 7.54. The molecule has 0 radical (unpaired) electrons. The molecular formula is C17H25NO3. The molecule has 1 N–H and O–H groups in total. The SMILES string of the molecule is Cc1cccc2c1OCCCC2NCC(=O)OC(C)(C)C. The Balaban J connectivity index is 2.04. The van der Waals surface area contributed by atoms with Crippen LogP contribution in [0, 0.1) is 6.92 Å². The highest BCUT2D eigenvalue weighted by atomic mass is 16.6. The standard InChI is InChI=1S/C17H25NO3/c1-12-7-5-8-13-14(9-6-10-20-16(12)13)18-11-15(19)21-17(2,3)4/h5,7-8,14,18H,6,9-11H2,1-4H3. The van der Waals surface area contributed by atoms with Gasteiger partial charge in [-0.05, 0) is 46.1 Å². The van der Waals surface area contributed by atoms with Gasteiger partial charge in [0.15, 0.2) is 0 Å². The lowest BCUT2D eigenvalue weighted by molar-refractivity contribution is -0.153. The van der Waals surface area contributed by atoms with Crippen LogP contribution in [0.5, 0.6) is 5.75 Å². The van der Waals surface area contributed by atoms with Crippen LogP contribution in [-0.4, -0.2) is 24.7 Å². The number of hydrogen-bond acceptors (Lipinski definition) is 4. The summed E-state index contributed by atoms with van der Waals surface area (Å²) >= 11 is 0. The second-order valence-corrected chi connectivity index (χ2v) is 6.50. The summed E-state index contributed by atoms with van der Waals surface area (Å²) in [4.78, 5) is 11.9. The molecule has 0 bridgehead atoms. The van der Waals surface area contributed by atoms with E-state index >= 15 is 0 Å². The zero-order valence-electron chi connectivity index (χ0n) is 13.4. The fourth-order valence-electron chi connectivity index (χ4n) is 2.56. The van der Waals surface area contributed by atoms with E-state index in [-0.39, 0.29) is 18.6 Å². The van der Waals surface area contributed by atoms with Crippen molar-refractivity contribution in [3.63, 3.8) is 0 Å². The van der Waals surface area contributed by atoms with Crippen molar-refractivity contribution >= 4 is 5.97 Å². The van der Waals surface area contributed by atoms with Crippen molar-refractivity contribution in [1.82, 2.24) is 5.32 Å². The molecule has 4 nitrogen and oxygen atoms in total. The quantitative estimate of drug-likeness (QED) is 0.869. The molecule has 1 aliphatic rings. The van der Waals surface area contributed by atoms with Crippen LogP contribution >= 0.6 is 0 Å². The van der Waals surface area contributed by atoms with Crippen molar-refractivity contribution in [2.45, 2.75) is 52.2 Å². The van der Waals surface area contributed by atoms with Crippen molar-refractivity contribution in [3.05, 3.63) is 29.3 Å². The molecule has 21 heavy (non-hydrogen) atoms. The Hall–Kier alpha value is -1.55. The third kappa shape index (κ3) is 4.46. The number of nitrogens with one attached hydrogen (secondary N) is 1. The number of fused-ring (bicyclic) bond motifs is 1. The van der Waals surface area contributed by atoms with E-state index in [4.69, 9.17) is 9.47 Å². The van der Waals surface area contributed by atoms with Gasteiger partial charge in [0, 0.05) is 11.6 Å². The largest absolute Gasteiger partial charge is 0.493 e. The van der Waals surface area contributed by atoms with Gasteiger partial charge in [-0.3, -0.25) is 10.1 Å². The molecule has 1 aliphatic heterocycles. The summed E-state index contributed by atoms with van der Waals surface area (Å²) in [5.74, 6) is 0.735. The average molecular weight is 291 g/mol. The van der Waals surface area contributed by atoms with Crippen molar-refractivity contribution in [2.75, 3.05) is 13.2 Å². The second kappa shape index (κ2) is 6.48. The maximum Gasteiger partial charge on any atom is 0.320 e. The lowest BCUT2D eigenvalue weighted by Gasteiger charge is -2.22. The number of ether oxygens (including phenoxy) is 2. The van der Waals surface area contributed by atoms with Crippen molar-refractivity contribution in [2.24, 2.45) is 0 Å². The summed E-state index contributed by atoms with van der Waals surface area (Å²) in [6.07, 6.45) is 1.93. The zero-order valence-corrected chi connectivity index (χ0v) is 13.4. The molecule has 0 amide bonds. The minimum absolute atomic E-state index is 0.134. The Labute approximate surface area is 126 Å². The smallest absolute Gasteiger partial charge is 0.320 e. The number of esters is 1. The van der Waals surface area contributed by atoms with Gasteiger partial charge in [0.25, 0.3) is 0 Å². The number of para-hydroxylation sites is 1. The first-order valence-electron chi connectivity index (χ1n) is 7.54. The molecule has 0 saturated carbocycles. The van der Waals surface area contributed by atoms with Crippen LogP contribution in [0.2, 0.25) is 0 Å². The molecule has 1 aromatic carbocycles. The van der Waals surface area contributed by atoms with E-state index in [1.165, 1.54) is 0 Å². The van der Waals surface area contributed by atoms with Gasteiger partial charge in [0.1, 0.15) is 11.4 Å². The van der Waals surface area contributed by atoms with Gasteiger partial charge >= 0.3 is 5.97 Å². The van der Waals surface area contributed by atoms with Gasteiger partial charge in [0.2, 0.25) is 0 Å². The van der Waals surface area contributed by atoms with Gasteiger partial charge < -0.3 is 9.47 Å². The minimum Gasteiger partial charge on any atom is -0.493 e. The van der Waals surface area contributed by atoms with Crippen molar-refractivity contribution < 1.29 is 14.3 Å². The Morgan fingerprint density at radius 1 is 1.43 bits per heavy atom. The fraction of sp³-hybridized carbons (Fsp3) is 0.588. The number of carbonyl (C=O) groups excluding carboxylic acids is 1. The fourth-order valence-corrected chi connectivity index (χ4v) is 2.56. The predicted molar refractivity (Wildman–Crippen MR) is 82.5 cm³/mol. The predicted octanol–water partition coefficient (Wildman–Crippen LogP) is 3.14.